The van der Waals surface area contributed by atoms with Crippen LogP contribution in [0.1, 0.15) is 15.9 Å². The molecule has 39 heavy (non-hydrogen) atoms. The van der Waals surface area contributed by atoms with Crippen molar-refractivity contribution in [3.05, 3.63) is 81.9 Å². The molecule has 0 aromatic heterocycles. The van der Waals surface area contributed by atoms with E-state index >= 15 is 0 Å². The van der Waals surface area contributed by atoms with Crippen molar-refractivity contribution in [3.63, 3.8) is 0 Å². The van der Waals surface area contributed by atoms with Gasteiger partial charge in [0, 0.05) is 17.7 Å². The normalized spacial score (nSPS) is 11.5. The number of nitrogens with one attached hydrogen (secondary N) is 2. The topological polar surface area (TPSA) is 169 Å². The van der Waals surface area contributed by atoms with Gasteiger partial charge in [-0.05, 0) is 36.4 Å². The van der Waals surface area contributed by atoms with E-state index in [0.29, 0.717) is 6.07 Å². The summed E-state index contributed by atoms with van der Waals surface area (Å²) >= 11 is 0. The molecule has 0 atom stereocenters. The predicted molar refractivity (Wildman–Crippen MR) is 128 cm³/mol. The number of hydrazone groups is 1. The number of benzene rings is 3. The smallest absolute Gasteiger partial charge is 0.387 e. The monoisotopic (exact) mass is 572 g/mol. The van der Waals surface area contributed by atoms with Gasteiger partial charge in [-0.25, -0.2) is 13.2 Å². The first-order valence-electron chi connectivity index (χ1n) is 10.3. The second-order valence-corrected chi connectivity index (χ2v) is 8.90. The van der Waals surface area contributed by atoms with Crippen LogP contribution in [0.4, 0.5) is 34.6 Å². The van der Waals surface area contributed by atoms with Crippen molar-refractivity contribution in [2.24, 2.45) is 5.10 Å². The van der Waals surface area contributed by atoms with Gasteiger partial charge < -0.3 is 14.6 Å². The van der Waals surface area contributed by atoms with E-state index in [0.717, 1.165) is 42.6 Å². The molecule has 0 aliphatic heterocycles. The molecule has 3 aromatic rings. The fourth-order valence-electron chi connectivity index (χ4n) is 3.05. The zero-order valence-electron chi connectivity index (χ0n) is 19.1. The fourth-order valence-corrected chi connectivity index (χ4v) is 4.15. The lowest BCUT2D eigenvalue weighted by molar-refractivity contribution is -0.384. The van der Waals surface area contributed by atoms with E-state index in [1.807, 2.05) is 0 Å². The molecule has 12 nitrogen and oxygen atoms in total. The van der Waals surface area contributed by atoms with Crippen LogP contribution in [0.25, 0.3) is 0 Å². The Morgan fingerprint density at radius 1 is 1.00 bits per heavy atom. The third-order valence-electron chi connectivity index (χ3n) is 4.69. The molecule has 0 bridgehead atoms. The summed E-state index contributed by atoms with van der Waals surface area (Å²) < 4.78 is 86.2. The number of nitro groups is 1. The number of aromatic carboxylic acids is 1. The molecular formula is C22H16F4N4O8S. The molecule has 0 fully saturated rings. The minimum Gasteiger partial charge on any atom is -0.478 e. The van der Waals surface area contributed by atoms with E-state index in [1.54, 1.807) is 0 Å². The van der Waals surface area contributed by atoms with Gasteiger partial charge in [-0.3, -0.25) is 20.3 Å². The number of halogens is 4. The number of carbonyl (C=O) groups is 1. The van der Waals surface area contributed by atoms with Crippen LogP contribution in [-0.4, -0.2) is 43.9 Å². The molecule has 0 aliphatic rings. The van der Waals surface area contributed by atoms with Crippen molar-refractivity contribution in [3.8, 4) is 11.5 Å². The van der Waals surface area contributed by atoms with Crippen LogP contribution in [0.3, 0.4) is 0 Å². The predicted octanol–water partition coefficient (Wildman–Crippen LogP) is 4.74. The maximum atomic E-state index is 12.8. The maximum Gasteiger partial charge on any atom is 0.387 e. The highest BCUT2D eigenvalue weighted by Gasteiger charge is 2.23. The molecule has 3 aromatic carbocycles. The van der Waals surface area contributed by atoms with Crippen molar-refractivity contribution in [1.82, 2.24) is 0 Å². The Morgan fingerprint density at radius 2 is 1.69 bits per heavy atom. The lowest BCUT2D eigenvalue weighted by atomic mass is 10.2. The van der Waals surface area contributed by atoms with Gasteiger partial charge in [-0.15, -0.1) is 0 Å². The first-order chi connectivity index (χ1) is 18.4. The van der Waals surface area contributed by atoms with Crippen LogP contribution < -0.4 is 19.6 Å². The van der Waals surface area contributed by atoms with E-state index in [2.05, 4.69) is 24.7 Å². The highest BCUT2D eigenvalue weighted by molar-refractivity contribution is 7.92. The SMILES string of the molecule is O=C(O)c1ccccc1NS(=O)(=O)c1ccc(NN=Cc2ccc(OC(F)F)cc2OC(F)F)c([N+](=O)[O-])c1. The highest BCUT2D eigenvalue weighted by atomic mass is 32.2. The number of carboxylic acids is 1. The van der Waals surface area contributed by atoms with Crippen LogP contribution >= 0.6 is 0 Å². The number of anilines is 2. The molecule has 206 valence electrons. The third kappa shape index (κ3) is 7.54. The summed E-state index contributed by atoms with van der Waals surface area (Å²) in [5.41, 5.74) is 0.423. The first kappa shape index (κ1) is 28.6. The van der Waals surface area contributed by atoms with Gasteiger partial charge in [0.2, 0.25) is 0 Å². The molecule has 3 N–H and O–H groups in total. The van der Waals surface area contributed by atoms with Crippen molar-refractivity contribution in [2.75, 3.05) is 10.1 Å². The van der Waals surface area contributed by atoms with Gasteiger partial charge in [-0.1, -0.05) is 12.1 Å². The van der Waals surface area contributed by atoms with Crippen LogP contribution in [0, 0.1) is 10.1 Å². The second kappa shape index (κ2) is 12.1. The number of ether oxygens (including phenoxy) is 2. The maximum absolute atomic E-state index is 12.8. The number of carboxylic acid groups (broad SMARTS) is 1. The molecule has 0 saturated heterocycles. The van der Waals surface area contributed by atoms with Crippen LogP contribution in [0.15, 0.2) is 70.7 Å². The van der Waals surface area contributed by atoms with Gasteiger partial charge in [0.15, 0.2) is 0 Å². The Hall–Kier alpha value is -4.93. The summed E-state index contributed by atoms with van der Waals surface area (Å²) in [7, 11) is -4.47. The number of rotatable bonds is 12. The van der Waals surface area contributed by atoms with Crippen LogP contribution in [0.2, 0.25) is 0 Å². The van der Waals surface area contributed by atoms with Crippen molar-refractivity contribution < 1.29 is 50.3 Å². The van der Waals surface area contributed by atoms with Crippen molar-refractivity contribution in [1.29, 1.82) is 0 Å². The van der Waals surface area contributed by atoms with E-state index in [4.69, 9.17) is 0 Å². The number of nitrogens with zero attached hydrogens (tertiary/aromatic N) is 2. The summed E-state index contributed by atoms with van der Waals surface area (Å²) in [5.74, 6) is -2.47. The number of alkyl halides is 4. The van der Waals surface area contributed by atoms with Gasteiger partial charge in [0.25, 0.3) is 15.7 Å². The molecule has 3 rings (SSSR count). The Labute approximate surface area is 216 Å². The highest BCUT2D eigenvalue weighted by Crippen LogP contribution is 2.30. The first-order valence-corrected chi connectivity index (χ1v) is 11.8. The van der Waals surface area contributed by atoms with Crippen molar-refractivity contribution >= 4 is 39.3 Å². The minimum absolute atomic E-state index is 0.146. The summed E-state index contributed by atoms with van der Waals surface area (Å²) in [6.07, 6.45) is 0.892. The van der Waals surface area contributed by atoms with Crippen molar-refractivity contribution in [2.45, 2.75) is 18.1 Å². The molecule has 0 unspecified atom stereocenters. The van der Waals surface area contributed by atoms with E-state index in [-0.39, 0.29) is 22.5 Å². The zero-order chi connectivity index (χ0) is 28.7. The summed E-state index contributed by atoms with van der Waals surface area (Å²) in [5, 5.41) is 24.5. The van der Waals surface area contributed by atoms with Crippen LogP contribution in [0.5, 0.6) is 11.5 Å². The number of hydrogen-bond donors (Lipinski definition) is 3. The van der Waals surface area contributed by atoms with Gasteiger partial charge in [0.1, 0.15) is 17.2 Å². The Morgan fingerprint density at radius 3 is 2.33 bits per heavy atom. The second-order valence-electron chi connectivity index (χ2n) is 7.22. The van der Waals surface area contributed by atoms with Gasteiger partial charge in [-0.2, -0.15) is 22.7 Å². The van der Waals surface area contributed by atoms with Crippen LogP contribution in [-0.2, 0) is 10.0 Å². The minimum atomic E-state index is -4.47. The molecule has 0 saturated carbocycles. The lowest BCUT2D eigenvalue weighted by Gasteiger charge is -2.12. The number of hydrogen-bond acceptors (Lipinski definition) is 9. The number of nitro benzene ring substituents is 1. The largest absolute Gasteiger partial charge is 0.478 e. The molecule has 0 aliphatic carbocycles. The van der Waals surface area contributed by atoms with E-state index in [9.17, 15) is 46.0 Å². The lowest BCUT2D eigenvalue weighted by Crippen LogP contribution is -2.16. The Kier molecular flexibility index (Phi) is 8.87. The van der Waals surface area contributed by atoms with E-state index in [1.165, 1.54) is 18.2 Å². The summed E-state index contributed by atoms with van der Waals surface area (Å²) in [6.45, 7) is -6.54. The quantitative estimate of drug-likeness (QED) is 0.120. The van der Waals surface area contributed by atoms with Gasteiger partial charge >= 0.3 is 19.2 Å². The van der Waals surface area contributed by atoms with Gasteiger partial charge in [0.05, 0.1) is 27.3 Å². The standard InChI is InChI=1S/C22H16F4N4O8S/c23-21(24)37-13-6-5-12(19(9-13)38-22(25)26)11-27-28-17-8-7-14(10-18(17)30(33)34)39(35,36)29-16-4-2-1-3-15(16)20(31)32/h1-11,21-22,28-29H,(H,31,32). The Balaban J connectivity index is 1.87. The molecule has 0 radical (unpaired) electrons. The summed E-state index contributed by atoms with van der Waals surface area (Å²) in [4.78, 5) is 21.4. The Bertz CT molecular complexity index is 1520. The number of sulfonamides is 1. The van der Waals surface area contributed by atoms with E-state index < -0.39 is 56.2 Å². The molecule has 0 heterocycles. The zero-order valence-corrected chi connectivity index (χ0v) is 19.9. The third-order valence-corrected chi connectivity index (χ3v) is 6.06. The number of para-hydroxylation sites is 1. The molecule has 0 amide bonds. The molecular weight excluding hydrogens is 556 g/mol. The summed E-state index contributed by atoms with van der Waals surface area (Å²) in [6, 6.07) is 10.6. The fraction of sp³-hybridized carbons (Fsp3) is 0.0909. The molecule has 17 heteroatoms. The average Bonchev–Trinajstić information content (AvgIpc) is 2.84. The molecule has 0 spiro atoms. The average molecular weight is 572 g/mol.